The number of allylic oxidation sites excluding steroid dienone is 2. The monoisotopic (exact) mass is 292 g/mol. The molecule has 116 valence electrons. The molecular weight excluding hydrogens is 268 g/mol. The third kappa shape index (κ3) is 4.43. The van der Waals surface area contributed by atoms with Crippen LogP contribution in [0.2, 0.25) is 0 Å². The van der Waals surface area contributed by atoms with Crippen LogP contribution in [0.25, 0.3) is 5.57 Å². The fraction of sp³-hybridized carbons (Fsp3) is 0.625. The van der Waals surface area contributed by atoms with Gasteiger partial charge in [0.15, 0.2) is 0 Å². The molecule has 1 unspecified atom stereocenters. The van der Waals surface area contributed by atoms with E-state index in [2.05, 4.69) is 11.2 Å². The van der Waals surface area contributed by atoms with Gasteiger partial charge < -0.3 is 9.84 Å². The van der Waals surface area contributed by atoms with Gasteiger partial charge in [-0.05, 0) is 45.6 Å². The SMILES string of the molecule is CCOC(=O)C1CCC=C(c2cnn(CC(C)(C)O)c2)C1. The molecule has 1 aliphatic rings. The maximum Gasteiger partial charge on any atom is 0.309 e. The van der Waals surface area contributed by atoms with Crippen LogP contribution in [0.5, 0.6) is 0 Å². The van der Waals surface area contributed by atoms with Gasteiger partial charge in [-0.3, -0.25) is 9.48 Å². The first-order valence-electron chi connectivity index (χ1n) is 7.50. The van der Waals surface area contributed by atoms with Gasteiger partial charge in [-0.2, -0.15) is 5.10 Å². The summed E-state index contributed by atoms with van der Waals surface area (Å²) in [6.07, 6.45) is 8.33. The van der Waals surface area contributed by atoms with E-state index in [1.807, 2.05) is 13.1 Å². The van der Waals surface area contributed by atoms with Crippen LogP contribution in [0, 0.1) is 5.92 Å². The number of rotatable bonds is 5. The molecule has 0 saturated heterocycles. The van der Waals surface area contributed by atoms with Crippen molar-refractivity contribution in [3.63, 3.8) is 0 Å². The number of hydrogen-bond acceptors (Lipinski definition) is 4. The van der Waals surface area contributed by atoms with E-state index in [1.165, 1.54) is 0 Å². The van der Waals surface area contributed by atoms with Crippen LogP contribution >= 0.6 is 0 Å². The molecule has 0 radical (unpaired) electrons. The summed E-state index contributed by atoms with van der Waals surface area (Å²) in [5.74, 6) is -0.158. The molecule has 0 amide bonds. The average Bonchev–Trinajstić information content (AvgIpc) is 2.85. The van der Waals surface area contributed by atoms with E-state index in [-0.39, 0.29) is 11.9 Å². The Morgan fingerprint density at radius 3 is 3.00 bits per heavy atom. The zero-order valence-electron chi connectivity index (χ0n) is 13.0. The fourth-order valence-electron chi connectivity index (χ4n) is 2.62. The summed E-state index contributed by atoms with van der Waals surface area (Å²) in [6, 6.07) is 0. The minimum Gasteiger partial charge on any atom is -0.466 e. The van der Waals surface area contributed by atoms with Crippen LogP contribution in [0.1, 0.15) is 45.6 Å². The van der Waals surface area contributed by atoms with Gasteiger partial charge in [0.2, 0.25) is 0 Å². The molecule has 21 heavy (non-hydrogen) atoms. The standard InChI is InChI=1S/C16H24N2O3/c1-4-21-15(19)13-7-5-6-12(8-13)14-9-17-18(10-14)11-16(2,3)20/h6,9-10,13,20H,4-5,7-8,11H2,1-3H3. The van der Waals surface area contributed by atoms with Crippen molar-refractivity contribution in [1.82, 2.24) is 9.78 Å². The van der Waals surface area contributed by atoms with Crippen LogP contribution in [0.4, 0.5) is 0 Å². The molecular formula is C16H24N2O3. The molecule has 1 heterocycles. The van der Waals surface area contributed by atoms with Gasteiger partial charge in [-0.15, -0.1) is 0 Å². The van der Waals surface area contributed by atoms with Crippen molar-refractivity contribution in [2.24, 2.45) is 5.92 Å². The lowest BCUT2D eigenvalue weighted by atomic mass is 9.86. The first kappa shape index (κ1) is 15.8. The maximum absolute atomic E-state index is 11.9. The topological polar surface area (TPSA) is 64.3 Å². The van der Waals surface area contributed by atoms with Crippen LogP contribution in [0.3, 0.4) is 0 Å². The second kappa shape index (κ2) is 6.43. The summed E-state index contributed by atoms with van der Waals surface area (Å²) >= 11 is 0. The van der Waals surface area contributed by atoms with Crippen molar-refractivity contribution in [2.75, 3.05) is 6.61 Å². The third-order valence-corrected chi connectivity index (χ3v) is 3.55. The number of esters is 1. The van der Waals surface area contributed by atoms with E-state index in [4.69, 9.17) is 4.74 Å². The quantitative estimate of drug-likeness (QED) is 0.846. The molecule has 0 saturated carbocycles. The molecule has 0 aliphatic heterocycles. The largest absolute Gasteiger partial charge is 0.466 e. The van der Waals surface area contributed by atoms with Gasteiger partial charge in [-0.25, -0.2) is 0 Å². The summed E-state index contributed by atoms with van der Waals surface area (Å²) in [5.41, 5.74) is 1.37. The van der Waals surface area contributed by atoms with E-state index < -0.39 is 5.60 Å². The zero-order chi connectivity index (χ0) is 15.5. The Morgan fingerprint density at radius 2 is 2.33 bits per heavy atom. The Labute approximate surface area is 125 Å². The Hall–Kier alpha value is -1.62. The zero-order valence-corrected chi connectivity index (χ0v) is 13.0. The number of ether oxygens (including phenoxy) is 1. The van der Waals surface area contributed by atoms with Crippen molar-refractivity contribution < 1.29 is 14.6 Å². The van der Waals surface area contributed by atoms with Crippen LogP contribution < -0.4 is 0 Å². The van der Waals surface area contributed by atoms with Crippen LogP contribution in [0.15, 0.2) is 18.5 Å². The van der Waals surface area contributed by atoms with Gasteiger partial charge in [0.05, 0.1) is 30.9 Å². The van der Waals surface area contributed by atoms with Gasteiger partial charge in [-0.1, -0.05) is 6.08 Å². The predicted molar refractivity (Wildman–Crippen MR) is 80.5 cm³/mol. The first-order chi connectivity index (χ1) is 9.89. The highest BCUT2D eigenvalue weighted by Gasteiger charge is 2.25. The van der Waals surface area contributed by atoms with Crippen molar-refractivity contribution in [3.05, 3.63) is 24.0 Å². The molecule has 5 nitrogen and oxygen atoms in total. The summed E-state index contributed by atoms with van der Waals surface area (Å²) < 4.78 is 6.86. The smallest absolute Gasteiger partial charge is 0.309 e. The lowest BCUT2D eigenvalue weighted by molar-refractivity contribution is -0.148. The number of aromatic nitrogens is 2. The molecule has 0 fully saturated rings. The Morgan fingerprint density at radius 1 is 1.57 bits per heavy atom. The molecule has 0 spiro atoms. The van der Waals surface area contributed by atoms with Crippen molar-refractivity contribution >= 4 is 11.5 Å². The minimum atomic E-state index is -0.794. The molecule has 1 aromatic heterocycles. The molecule has 1 aliphatic carbocycles. The number of carbonyl (C=O) groups is 1. The van der Waals surface area contributed by atoms with E-state index in [0.717, 1.165) is 24.0 Å². The predicted octanol–water partition coefficient (Wildman–Crippen LogP) is 2.40. The Balaban J connectivity index is 2.05. The fourth-order valence-corrected chi connectivity index (χ4v) is 2.62. The summed E-state index contributed by atoms with van der Waals surface area (Å²) in [7, 11) is 0. The average molecular weight is 292 g/mol. The molecule has 5 heteroatoms. The Bertz CT molecular complexity index is 526. The normalized spacial score (nSPS) is 19.2. The van der Waals surface area contributed by atoms with E-state index >= 15 is 0 Å². The molecule has 1 aromatic rings. The molecule has 0 aromatic carbocycles. The maximum atomic E-state index is 11.9. The van der Waals surface area contributed by atoms with Crippen molar-refractivity contribution in [2.45, 2.75) is 52.2 Å². The lowest BCUT2D eigenvalue weighted by Crippen LogP contribution is -2.26. The molecule has 0 bridgehead atoms. The van der Waals surface area contributed by atoms with Crippen LogP contribution in [-0.2, 0) is 16.1 Å². The van der Waals surface area contributed by atoms with Gasteiger partial charge in [0, 0.05) is 11.8 Å². The van der Waals surface area contributed by atoms with E-state index in [9.17, 15) is 9.90 Å². The molecule has 1 N–H and O–H groups in total. The summed E-state index contributed by atoms with van der Waals surface area (Å²) in [5, 5.41) is 14.1. The van der Waals surface area contributed by atoms with Crippen LogP contribution in [-0.4, -0.2) is 33.1 Å². The van der Waals surface area contributed by atoms with Gasteiger partial charge in [0.1, 0.15) is 0 Å². The summed E-state index contributed by atoms with van der Waals surface area (Å²) in [6.45, 7) is 6.22. The number of aliphatic hydroxyl groups is 1. The minimum absolute atomic E-state index is 0.0532. The highest BCUT2D eigenvalue weighted by molar-refractivity contribution is 5.77. The first-order valence-corrected chi connectivity index (χ1v) is 7.50. The molecule has 2 rings (SSSR count). The second-order valence-corrected chi connectivity index (χ2v) is 6.20. The number of carbonyl (C=O) groups excluding carboxylic acids is 1. The highest BCUT2D eigenvalue weighted by atomic mass is 16.5. The molecule has 1 atom stereocenters. The summed E-state index contributed by atoms with van der Waals surface area (Å²) in [4.78, 5) is 11.9. The second-order valence-electron chi connectivity index (χ2n) is 6.20. The number of nitrogens with zero attached hydrogens (tertiary/aromatic N) is 2. The van der Waals surface area contributed by atoms with Gasteiger partial charge >= 0.3 is 5.97 Å². The van der Waals surface area contributed by atoms with E-state index in [1.54, 1.807) is 24.7 Å². The number of hydrogen-bond donors (Lipinski definition) is 1. The Kier molecular flexibility index (Phi) is 4.83. The third-order valence-electron chi connectivity index (χ3n) is 3.55. The lowest BCUT2D eigenvalue weighted by Gasteiger charge is -2.20. The van der Waals surface area contributed by atoms with Gasteiger partial charge in [0.25, 0.3) is 0 Å². The van der Waals surface area contributed by atoms with Crippen molar-refractivity contribution in [1.29, 1.82) is 0 Å². The highest BCUT2D eigenvalue weighted by Crippen LogP contribution is 2.31. The van der Waals surface area contributed by atoms with E-state index in [0.29, 0.717) is 19.6 Å². The van der Waals surface area contributed by atoms with Crippen molar-refractivity contribution in [3.8, 4) is 0 Å².